The van der Waals surface area contributed by atoms with E-state index in [1.807, 2.05) is 109 Å². The van der Waals surface area contributed by atoms with Crippen LogP contribution in [0.5, 0.6) is 0 Å². The number of allylic oxidation sites excluding steroid dienone is 20. The van der Waals surface area contributed by atoms with Crippen molar-refractivity contribution < 1.29 is 28.6 Å². The lowest BCUT2D eigenvalue weighted by molar-refractivity contribution is -0.167. The molecule has 6 nitrogen and oxygen atoms in total. The Kier molecular flexibility index (Phi) is 46.1. The molecule has 0 aromatic rings. The minimum absolute atomic E-state index is 0.131. The average molecular weight is 857 g/mol. The highest BCUT2D eigenvalue weighted by Gasteiger charge is 2.19. The molecule has 0 radical (unpaired) electrons. The van der Waals surface area contributed by atoms with Gasteiger partial charge in [0.1, 0.15) is 13.2 Å². The number of carbonyl (C=O) groups excluding carboxylic acids is 3. The van der Waals surface area contributed by atoms with Gasteiger partial charge in [-0.1, -0.05) is 251 Å². The van der Waals surface area contributed by atoms with Crippen LogP contribution in [-0.2, 0) is 28.6 Å². The summed E-state index contributed by atoms with van der Waals surface area (Å²) >= 11 is 0. The Bertz CT molecular complexity index is 1350. The molecule has 62 heavy (non-hydrogen) atoms. The summed E-state index contributed by atoms with van der Waals surface area (Å²) in [6.07, 6.45) is 67.8. The molecule has 0 bridgehead atoms. The predicted molar refractivity (Wildman–Crippen MR) is 265 cm³/mol. The maximum Gasteiger partial charge on any atom is 0.306 e. The lowest BCUT2D eigenvalue weighted by Crippen LogP contribution is -2.30. The summed E-state index contributed by atoms with van der Waals surface area (Å²) in [4.78, 5) is 37.8. The summed E-state index contributed by atoms with van der Waals surface area (Å²) in [6.45, 7) is 6.21. The largest absolute Gasteiger partial charge is 0.462 e. The average Bonchev–Trinajstić information content (AvgIpc) is 3.27. The highest BCUT2D eigenvalue weighted by Crippen LogP contribution is 2.15. The summed E-state index contributed by atoms with van der Waals surface area (Å²) in [5.41, 5.74) is 0. The first kappa shape index (κ1) is 57.8. The Balaban J connectivity index is 4.53. The van der Waals surface area contributed by atoms with Crippen LogP contribution >= 0.6 is 0 Å². The van der Waals surface area contributed by atoms with Crippen LogP contribution in [0.3, 0.4) is 0 Å². The van der Waals surface area contributed by atoms with Gasteiger partial charge in [0.25, 0.3) is 0 Å². The second kappa shape index (κ2) is 49.5. The summed E-state index contributed by atoms with van der Waals surface area (Å²) < 4.78 is 16.6. The van der Waals surface area contributed by atoms with Crippen molar-refractivity contribution in [1.82, 2.24) is 0 Å². The maximum atomic E-state index is 12.7. The minimum atomic E-state index is -0.844. The van der Waals surface area contributed by atoms with E-state index in [1.54, 1.807) is 0 Å². The topological polar surface area (TPSA) is 78.9 Å². The van der Waals surface area contributed by atoms with Crippen molar-refractivity contribution in [2.45, 2.75) is 200 Å². The highest BCUT2D eigenvalue weighted by molar-refractivity contribution is 5.71. The molecule has 0 spiro atoms. The quantitative estimate of drug-likeness (QED) is 0.0263. The van der Waals surface area contributed by atoms with Crippen molar-refractivity contribution in [2.75, 3.05) is 13.2 Å². The van der Waals surface area contributed by atoms with Gasteiger partial charge in [-0.25, -0.2) is 0 Å². The van der Waals surface area contributed by atoms with E-state index in [-0.39, 0.29) is 38.0 Å². The Labute approximate surface area is 380 Å². The minimum Gasteiger partial charge on any atom is -0.462 e. The Morgan fingerprint density at radius 3 is 0.984 bits per heavy atom. The van der Waals surface area contributed by atoms with Gasteiger partial charge < -0.3 is 14.2 Å². The molecule has 0 saturated carbocycles. The number of ether oxygens (including phenoxy) is 3. The number of unbranched alkanes of at least 4 members (excludes halogenated alkanes) is 19. The van der Waals surface area contributed by atoms with Crippen molar-refractivity contribution in [3.8, 4) is 0 Å². The van der Waals surface area contributed by atoms with Gasteiger partial charge in [0.2, 0.25) is 0 Å². The smallest absolute Gasteiger partial charge is 0.306 e. The maximum absolute atomic E-state index is 12.7. The van der Waals surface area contributed by atoms with Crippen molar-refractivity contribution in [1.29, 1.82) is 0 Å². The molecule has 6 heteroatoms. The molecule has 0 aromatic carbocycles. The lowest BCUT2D eigenvalue weighted by atomic mass is 10.0. The van der Waals surface area contributed by atoms with E-state index in [0.717, 1.165) is 38.5 Å². The fraction of sp³-hybridized carbons (Fsp3) is 0.589. The Hall–Kier alpha value is -4.19. The standard InChI is InChI=1S/C56H88O6/c1-4-7-10-13-16-19-22-25-26-27-28-29-32-34-37-40-43-46-49-55(58)61-52-53(62-56(59)50-47-44-41-38-35-31-24-21-18-15-12-9-6-3)51-60-54(57)48-45-42-39-36-33-30-23-20-17-14-11-8-5-2/h8-9,11-12,14-15,17-18,20-21,23-24,30-31,33,35-36,38-39,41,53H,4-7,10,13,16,19,22,25-29,32,34,37,40,42-52H2,1-3H3/b11-8-,12-9-,17-14-,18-15-,23-20-,24-21-,33-30-,35-31-,39-36-,41-38-. The number of hydrogen-bond acceptors (Lipinski definition) is 6. The third-order valence-electron chi connectivity index (χ3n) is 9.97. The fourth-order valence-electron chi connectivity index (χ4n) is 6.33. The van der Waals surface area contributed by atoms with Gasteiger partial charge in [-0.3, -0.25) is 14.4 Å². The molecule has 0 aliphatic rings. The summed E-state index contributed by atoms with van der Waals surface area (Å²) in [6, 6.07) is 0. The van der Waals surface area contributed by atoms with Crippen LogP contribution in [-0.4, -0.2) is 37.2 Å². The highest BCUT2D eigenvalue weighted by atomic mass is 16.6. The number of esters is 3. The van der Waals surface area contributed by atoms with Crippen LogP contribution in [0.1, 0.15) is 194 Å². The first-order chi connectivity index (χ1) is 30.5. The molecule has 0 fully saturated rings. The van der Waals surface area contributed by atoms with Crippen LogP contribution < -0.4 is 0 Å². The molecule has 0 saturated heterocycles. The second-order valence-electron chi connectivity index (χ2n) is 15.9. The second-order valence-corrected chi connectivity index (χ2v) is 15.9. The Morgan fingerprint density at radius 1 is 0.339 bits per heavy atom. The van der Waals surface area contributed by atoms with Gasteiger partial charge in [-0.15, -0.1) is 0 Å². The third kappa shape index (κ3) is 46.9. The number of hydrogen-bond donors (Lipinski definition) is 0. The first-order valence-corrected chi connectivity index (χ1v) is 24.7. The van der Waals surface area contributed by atoms with Crippen molar-refractivity contribution in [2.24, 2.45) is 0 Å². The van der Waals surface area contributed by atoms with Crippen LogP contribution in [0.25, 0.3) is 0 Å². The molecule has 0 amide bonds. The van der Waals surface area contributed by atoms with E-state index in [2.05, 4.69) is 32.9 Å². The molecular weight excluding hydrogens is 769 g/mol. The SMILES string of the molecule is CC\C=C/C=C\C=C/C=C\C=C/CCCC(=O)OCC(COC(=O)CCCCCCCCCCCCCCCCCCCC)OC(=O)CCC\C=C/C=C\C=C/C=C\C=C/CC. The molecular formula is C56H88O6. The van der Waals surface area contributed by atoms with Crippen molar-refractivity contribution >= 4 is 17.9 Å². The predicted octanol–water partition coefficient (Wildman–Crippen LogP) is 16.1. The van der Waals surface area contributed by atoms with Gasteiger partial charge >= 0.3 is 17.9 Å². The first-order valence-electron chi connectivity index (χ1n) is 24.7. The molecule has 0 rings (SSSR count). The van der Waals surface area contributed by atoms with Crippen molar-refractivity contribution in [3.63, 3.8) is 0 Å². The fourth-order valence-corrected chi connectivity index (χ4v) is 6.33. The van der Waals surface area contributed by atoms with Gasteiger partial charge in [0, 0.05) is 19.3 Å². The van der Waals surface area contributed by atoms with Gasteiger partial charge in [-0.05, 0) is 44.9 Å². The van der Waals surface area contributed by atoms with E-state index in [1.165, 1.54) is 96.3 Å². The van der Waals surface area contributed by atoms with E-state index in [4.69, 9.17) is 14.2 Å². The Morgan fingerprint density at radius 2 is 0.629 bits per heavy atom. The van der Waals surface area contributed by atoms with Gasteiger partial charge in [0.05, 0.1) is 0 Å². The summed E-state index contributed by atoms with van der Waals surface area (Å²) in [7, 11) is 0. The zero-order valence-corrected chi connectivity index (χ0v) is 39.6. The van der Waals surface area contributed by atoms with Crippen LogP contribution in [0.4, 0.5) is 0 Å². The number of carbonyl (C=O) groups is 3. The molecule has 1 unspecified atom stereocenters. The van der Waals surface area contributed by atoms with Crippen LogP contribution in [0.15, 0.2) is 122 Å². The molecule has 0 aliphatic carbocycles. The molecule has 0 aliphatic heterocycles. The summed E-state index contributed by atoms with van der Waals surface area (Å²) in [5, 5.41) is 0. The van der Waals surface area contributed by atoms with E-state index in [9.17, 15) is 14.4 Å². The lowest BCUT2D eigenvalue weighted by Gasteiger charge is -2.18. The monoisotopic (exact) mass is 857 g/mol. The van der Waals surface area contributed by atoms with Crippen LogP contribution in [0, 0.1) is 0 Å². The van der Waals surface area contributed by atoms with Crippen LogP contribution in [0.2, 0.25) is 0 Å². The molecule has 1 atom stereocenters. The molecule has 0 N–H and O–H groups in total. The van der Waals surface area contributed by atoms with Crippen molar-refractivity contribution in [3.05, 3.63) is 122 Å². The van der Waals surface area contributed by atoms with E-state index >= 15 is 0 Å². The summed E-state index contributed by atoms with van der Waals surface area (Å²) in [5.74, 6) is -1.09. The van der Waals surface area contributed by atoms with Gasteiger partial charge in [0.15, 0.2) is 6.10 Å². The zero-order chi connectivity index (χ0) is 45.1. The zero-order valence-electron chi connectivity index (χ0n) is 39.6. The normalized spacial score (nSPS) is 13.1. The third-order valence-corrected chi connectivity index (χ3v) is 9.97. The van der Waals surface area contributed by atoms with E-state index < -0.39 is 12.1 Å². The molecule has 0 heterocycles. The number of rotatable bonds is 42. The molecule has 0 aromatic heterocycles. The van der Waals surface area contributed by atoms with E-state index in [0.29, 0.717) is 25.7 Å². The molecule has 348 valence electrons. The van der Waals surface area contributed by atoms with Gasteiger partial charge in [-0.2, -0.15) is 0 Å².